The third-order valence-electron chi connectivity index (χ3n) is 3.38. The van der Waals surface area contributed by atoms with Crippen LogP contribution in [0, 0.1) is 18.3 Å². The van der Waals surface area contributed by atoms with Gasteiger partial charge in [-0.15, -0.1) is 0 Å². The van der Waals surface area contributed by atoms with Crippen molar-refractivity contribution in [2.75, 3.05) is 10.6 Å². The van der Waals surface area contributed by atoms with Crippen molar-refractivity contribution in [3.63, 3.8) is 0 Å². The monoisotopic (exact) mass is 379 g/mol. The van der Waals surface area contributed by atoms with Gasteiger partial charge in [0.1, 0.15) is 11.6 Å². The van der Waals surface area contributed by atoms with E-state index in [-0.39, 0.29) is 11.3 Å². The second-order valence-electron chi connectivity index (χ2n) is 5.31. The van der Waals surface area contributed by atoms with E-state index in [1.54, 1.807) is 31.2 Å². The van der Waals surface area contributed by atoms with Crippen molar-refractivity contribution in [3.05, 3.63) is 70.4 Å². The Hall–Kier alpha value is -2.98. The lowest BCUT2D eigenvalue weighted by Gasteiger charge is -2.10. The predicted molar refractivity (Wildman–Crippen MR) is 93.6 cm³/mol. The number of alkyl halides is 3. The van der Waals surface area contributed by atoms with E-state index in [1.807, 2.05) is 0 Å². The lowest BCUT2D eigenvalue weighted by atomic mass is 10.2. The number of nitriles is 1. The molecular formula is C18H13ClF3N3O. The van der Waals surface area contributed by atoms with Gasteiger partial charge in [-0.2, -0.15) is 18.4 Å². The summed E-state index contributed by atoms with van der Waals surface area (Å²) in [6.07, 6.45) is -3.36. The van der Waals surface area contributed by atoms with Gasteiger partial charge in [0.25, 0.3) is 5.91 Å². The predicted octanol–water partition coefficient (Wildman–Crippen LogP) is 5.13. The summed E-state index contributed by atoms with van der Waals surface area (Å²) >= 11 is 5.89. The first-order valence-corrected chi connectivity index (χ1v) is 7.70. The van der Waals surface area contributed by atoms with Crippen LogP contribution in [-0.4, -0.2) is 5.91 Å². The molecule has 0 bridgehead atoms. The summed E-state index contributed by atoms with van der Waals surface area (Å²) < 4.78 is 38.1. The maximum absolute atomic E-state index is 12.7. The third-order valence-corrected chi connectivity index (χ3v) is 3.62. The van der Waals surface area contributed by atoms with Crippen molar-refractivity contribution in [3.8, 4) is 6.07 Å². The molecule has 2 aromatic carbocycles. The molecule has 0 aliphatic heterocycles. The smallest absolute Gasteiger partial charge is 0.360 e. The molecule has 0 aliphatic carbocycles. The van der Waals surface area contributed by atoms with Gasteiger partial charge in [-0.05, 0) is 42.8 Å². The summed E-state index contributed by atoms with van der Waals surface area (Å²) in [5.41, 5.74) is 0.163. The minimum absolute atomic E-state index is 0.0649. The number of halogens is 4. The van der Waals surface area contributed by atoms with Crippen molar-refractivity contribution < 1.29 is 18.0 Å². The Balaban J connectivity index is 2.16. The number of rotatable bonds is 4. The molecule has 0 saturated carbocycles. The van der Waals surface area contributed by atoms with Crippen molar-refractivity contribution in [2.24, 2.45) is 0 Å². The second kappa shape index (κ2) is 7.93. The van der Waals surface area contributed by atoms with Crippen LogP contribution in [-0.2, 0) is 11.0 Å². The lowest BCUT2D eigenvalue weighted by Crippen LogP contribution is -2.15. The van der Waals surface area contributed by atoms with Crippen LogP contribution >= 0.6 is 11.6 Å². The Bertz CT molecular complexity index is 901. The number of benzene rings is 2. The van der Waals surface area contributed by atoms with E-state index in [0.717, 1.165) is 17.7 Å². The van der Waals surface area contributed by atoms with Crippen LogP contribution in [0.25, 0.3) is 0 Å². The number of anilines is 2. The summed E-state index contributed by atoms with van der Waals surface area (Å²) in [4.78, 5) is 12.1. The molecule has 1 amide bonds. The lowest BCUT2D eigenvalue weighted by molar-refractivity contribution is -0.137. The van der Waals surface area contributed by atoms with Gasteiger partial charge < -0.3 is 10.6 Å². The number of hydrogen-bond donors (Lipinski definition) is 2. The quantitative estimate of drug-likeness (QED) is 0.572. The number of carbonyl (C=O) groups is 1. The van der Waals surface area contributed by atoms with E-state index >= 15 is 0 Å². The van der Waals surface area contributed by atoms with Crippen LogP contribution < -0.4 is 10.6 Å². The van der Waals surface area contributed by atoms with Crippen LogP contribution in [0.3, 0.4) is 0 Å². The summed E-state index contributed by atoms with van der Waals surface area (Å²) in [5, 5.41) is 14.7. The number of carbonyl (C=O) groups excluding carboxylic acids is 1. The Morgan fingerprint density at radius 1 is 1.23 bits per heavy atom. The molecule has 2 N–H and O–H groups in total. The van der Waals surface area contributed by atoms with E-state index in [9.17, 15) is 18.0 Å². The van der Waals surface area contributed by atoms with Crippen LogP contribution in [0.4, 0.5) is 24.5 Å². The van der Waals surface area contributed by atoms with E-state index in [4.69, 9.17) is 16.9 Å². The minimum atomic E-state index is -4.53. The van der Waals surface area contributed by atoms with Crippen LogP contribution in [0.1, 0.15) is 11.1 Å². The molecule has 0 saturated heterocycles. The first kappa shape index (κ1) is 19.3. The van der Waals surface area contributed by atoms with Crippen LogP contribution in [0.5, 0.6) is 0 Å². The van der Waals surface area contributed by atoms with Crippen molar-refractivity contribution in [1.82, 2.24) is 0 Å². The standard InChI is InChI=1S/C18H13ClF3N3O/c1-11-5-6-14(19)8-16(11)24-10-12(9-23)17(26)25-15-4-2-3-13(7-15)18(20,21)22/h2-8,10,24H,1H3,(H,25,26)/b12-10-. The Kier molecular flexibility index (Phi) is 5.90. The van der Waals surface area contributed by atoms with Crippen LogP contribution in [0.15, 0.2) is 54.2 Å². The molecule has 4 nitrogen and oxygen atoms in total. The largest absolute Gasteiger partial charge is 0.416 e. The summed E-state index contributed by atoms with van der Waals surface area (Å²) in [7, 11) is 0. The number of aryl methyl sites for hydroxylation is 1. The van der Waals surface area contributed by atoms with E-state index in [1.165, 1.54) is 18.3 Å². The maximum Gasteiger partial charge on any atom is 0.416 e. The minimum Gasteiger partial charge on any atom is -0.360 e. The van der Waals surface area contributed by atoms with Gasteiger partial charge in [0.05, 0.1) is 5.56 Å². The van der Waals surface area contributed by atoms with Gasteiger partial charge >= 0.3 is 6.18 Å². The summed E-state index contributed by atoms with van der Waals surface area (Å²) in [6, 6.07) is 10.9. The zero-order valence-corrected chi connectivity index (χ0v) is 14.2. The van der Waals surface area contributed by atoms with Gasteiger partial charge in [-0.25, -0.2) is 0 Å². The number of nitrogens with one attached hydrogen (secondary N) is 2. The normalized spacial score (nSPS) is 11.6. The fourth-order valence-corrected chi connectivity index (χ4v) is 2.19. The molecule has 8 heteroatoms. The molecule has 26 heavy (non-hydrogen) atoms. The van der Waals surface area contributed by atoms with Crippen molar-refractivity contribution in [2.45, 2.75) is 13.1 Å². The Morgan fingerprint density at radius 3 is 2.62 bits per heavy atom. The van der Waals surface area contributed by atoms with E-state index in [2.05, 4.69) is 10.6 Å². The molecule has 0 heterocycles. The highest BCUT2D eigenvalue weighted by molar-refractivity contribution is 6.30. The molecule has 2 aromatic rings. The third kappa shape index (κ3) is 5.01. The topological polar surface area (TPSA) is 64.9 Å². The highest BCUT2D eigenvalue weighted by Crippen LogP contribution is 2.30. The molecule has 134 valence electrons. The first-order chi connectivity index (χ1) is 12.2. The fraction of sp³-hybridized carbons (Fsp3) is 0.111. The molecule has 0 unspecified atom stereocenters. The molecule has 0 spiro atoms. The number of amides is 1. The van der Waals surface area contributed by atoms with Gasteiger partial charge in [-0.3, -0.25) is 4.79 Å². The van der Waals surface area contributed by atoms with Crippen molar-refractivity contribution in [1.29, 1.82) is 5.26 Å². The highest BCUT2D eigenvalue weighted by atomic mass is 35.5. The van der Waals surface area contributed by atoms with Crippen molar-refractivity contribution >= 4 is 28.9 Å². The number of nitrogens with zero attached hydrogens (tertiary/aromatic N) is 1. The SMILES string of the molecule is Cc1ccc(Cl)cc1N/C=C(/C#N)C(=O)Nc1cccc(C(F)(F)F)c1. The second-order valence-corrected chi connectivity index (χ2v) is 5.74. The molecule has 0 aliphatic rings. The van der Waals surface area contributed by atoms with Crippen LogP contribution in [0.2, 0.25) is 5.02 Å². The summed E-state index contributed by atoms with van der Waals surface area (Å²) in [5.74, 6) is -0.834. The Morgan fingerprint density at radius 2 is 1.96 bits per heavy atom. The molecule has 0 fully saturated rings. The molecule has 0 radical (unpaired) electrons. The van der Waals surface area contributed by atoms with Gasteiger partial charge in [0, 0.05) is 22.6 Å². The summed E-state index contributed by atoms with van der Waals surface area (Å²) in [6.45, 7) is 1.81. The molecule has 0 aromatic heterocycles. The zero-order chi connectivity index (χ0) is 19.3. The van der Waals surface area contributed by atoms with Gasteiger partial charge in [-0.1, -0.05) is 23.7 Å². The van der Waals surface area contributed by atoms with E-state index in [0.29, 0.717) is 10.7 Å². The average Bonchev–Trinajstić information content (AvgIpc) is 2.58. The molecule has 0 atom stereocenters. The van der Waals surface area contributed by atoms with Gasteiger partial charge in [0.15, 0.2) is 0 Å². The fourth-order valence-electron chi connectivity index (χ4n) is 2.02. The average molecular weight is 380 g/mol. The molecule has 2 rings (SSSR count). The first-order valence-electron chi connectivity index (χ1n) is 7.32. The molecular weight excluding hydrogens is 367 g/mol. The van der Waals surface area contributed by atoms with Gasteiger partial charge in [0.2, 0.25) is 0 Å². The zero-order valence-electron chi connectivity index (χ0n) is 13.5. The van der Waals surface area contributed by atoms with E-state index < -0.39 is 17.6 Å². The Labute approximate surface area is 152 Å². The number of hydrogen-bond acceptors (Lipinski definition) is 3. The highest BCUT2D eigenvalue weighted by Gasteiger charge is 2.30. The maximum atomic E-state index is 12.7.